The average molecular weight is 199 g/mol. The molecule has 0 fully saturated rings. The maximum absolute atomic E-state index is 10.3. The summed E-state index contributed by atoms with van der Waals surface area (Å²) in [6.07, 6.45) is 0. The predicted molar refractivity (Wildman–Crippen MR) is 44.6 cm³/mol. The maximum Gasteiger partial charge on any atom is 3.00 e. The molecule has 0 unspecified atom stereocenters. The van der Waals surface area contributed by atoms with Gasteiger partial charge in [0.15, 0.2) is 0 Å². The molecule has 1 aromatic carbocycles. The molecule has 0 saturated carbocycles. The van der Waals surface area contributed by atoms with Gasteiger partial charge in [-0.05, 0) is 24.3 Å². The van der Waals surface area contributed by atoms with Crippen LogP contribution in [0.25, 0.3) is 0 Å². The zero-order chi connectivity index (χ0) is 8.48. The Balaban J connectivity index is 0.00000121. The first-order chi connectivity index (χ1) is 5.00. The van der Waals surface area contributed by atoms with E-state index in [9.17, 15) is 13.0 Å². The van der Waals surface area contributed by atoms with Crippen molar-refractivity contribution in [3.05, 3.63) is 24.3 Å². The van der Waals surface area contributed by atoms with Crippen molar-refractivity contribution >= 4 is 33.2 Å². The van der Waals surface area contributed by atoms with E-state index in [4.69, 9.17) is 5.73 Å². The van der Waals surface area contributed by atoms with E-state index in [2.05, 4.69) is 0 Å². The third kappa shape index (κ3) is 2.83. The Bertz CT molecular complexity index is 346. The van der Waals surface area contributed by atoms with Crippen molar-refractivity contribution in [2.75, 3.05) is 5.73 Å². The zero-order valence-corrected chi connectivity index (χ0v) is 8.07. The van der Waals surface area contributed by atoms with Crippen LogP contribution in [-0.4, -0.2) is 30.3 Å². The number of anilines is 1. The van der Waals surface area contributed by atoms with E-state index in [1.807, 2.05) is 0 Å². The SMILES string of the molecule is Nc1ccc(S(=O)(=O)[O-])cc1.[Al+3]. The molecule has 0 spiro atoms. The standard InChI is InChI=1S/C6H7NO3S.Al/c7-5-1-3-6(4-2-5)11(8,9)10;/h1-4H,7H2,(H,8,9,10);/q;+3/p-1. The molecule has 0 amide bonds. The molecule has 0 aliphatic carbocycles. The van der Waals surface area contributed by atoms with E-state index in [1.165, 1.54) is 24.3 Å². The largest absolute Gasteiger partial charge is 3.00 e. The number of nitrogen functional groups attached to an aromatic ring is 1. The molecule has 0 atom stereocenters. The summed E-state index contributed by atoms with van der Waals surface area (Å²) in [6.45, 7) is 0. The molecule has 1 rings (SSSR count). The number of rotatable bonds is 1. The van der Waals surface area contributed by atoms with Gasteiger partial charge in [0.2, 0.25) is 0 Å². The van der Waals surface area contributed by atoms with Crippen LogP contribution >= 0.6 is 0 Å². The van der Waals surface area contributed by atoms with Crippen LogP contribution < -0.4 is 5.73 Å². The van der Waals surface area contributed by atoms with E-state index in [-0.39, 0.29) is 22.3 Å². The van der Waals surface area contributed by atoms with Gasteiger partial charge >= 0.3 is 17.4 Å². The molecule has 2 N–H and O–H groups in total. The van der Waals surface area contributed by atoms with E-state index in [0.717, 1.165) is 0 Å². The number of hydrogen-bond acceptors (Lipinski definition) is 4. The van der Waals surface area contributed by atoms with E-state index >= 15 is 0 Å². The van der Waals surface area contributed by atoms with Crippen LogP contribution in [0.1, 0.15) is 0 Å². The first kappa shape index (κ1) is 11.5. The van der Waals surface area contributed by atoms with Gasteiger partial charge in [-0.3, -0.25) is 0 Å². The minimum absolute atomic E-state index is 0. The molecule has 0 bridgehead atoms. The first-order valence-electron chi connectivity index (χ1n) is 2.81. The predicted octanol–water partition coefficient (Wildman–Crippen LogP) is -0.208. The zero-order valence-electron chi connectivity index (χ0n) is 6.10. The topological polar surface area (TPSA) is 83.2 Å². The quantitative estimate of drug-likeness (QED) is 0.385. The van der Waals surface area contributed by atoms with Gasteiger partial charge in [0.05, 0.1) is 4.90 Å². The van der Waals surface area contributed by atoms with Crippen molar-refractivity contribution in [1.29, 1.82) is 0 Å². The number of nitrogens with two attached hydrogens (primary N) is 1. The molecule has 60 valence electrons. The fourth-order valence-electron chi connectivity index (χ4n) is 0.634. The molecule has 4 nitrogen and oxygen atoms in total. The normalized spacial score (nSPS) is 10.4. The van der Waals surface area contributed by atoms with Gasteiger partial charge in [-0.15, -0.1) is 0 Å². The Kier molecular flexibility index (Phi) is 3.74. The van der Waals surface area contributed by atoms with Gasteiger partial charge in [0, 0.05) is 5.69 Å². The molecule has 0 radical (unpaired) electrons. The van der Waals surface area contributed by atoms with E-state index in [1.54, 1.807) is 0 Å². The molecular weight excluding hydrogens is 193 g/mol. The molecule has 0 aromatic heterocycles. The molecule has 12 heavy (non-hydrogen) atoms. The Hall–Kier alpha value is -0.538. The Morgan fingerprint density at radius 3 is 1.92 bits per heavy atom. The Morgan fingerprint density at radius 2 is 1.58 bits per heavy atom. The van der Waals surface area contributed by atoms with Crippen LogP contribution in [-0.2, 0) is 10.1 Å². The maximum atomic E-state index is 10.3. The second-order valence-corrected chi connectivity index (χ2v) is 3.40. The van der Waals surface area contributed by atoms with E-state index < -0.39 is 10.1 Å². The third-order valence-corrected chi connectivity index (χ3v) is 2.02. The molecule has 0 heterocycles. The van der Waals surface area contributed by atoms with Crippen molar-refractivity contribution in [1.82, 2.24) is 0 Å². The number of benzene rings is 1. The monoisotopic (exact) mass is 199 g/mol. The van der Waals surface area contributed by atoms with E-state index in [0.29, 0.717) is 5.69 Å². The molecule has 0 aliphatic heterocycles. The smallest absolute Gasteiger partial charge is 0.744 e. The first-order valence-corrected chi connectivity index (χ1v) is 4.22. The van der Waals surface area contributed by atoms with Gasteiger partial charge in [-0.1, -0.05) is 0 Å². The minimum atomic E-state index is -4.33. The second kappa shape index (κ2) is 3.92. The van der Waals surface area contributed by atoms with Crippen LogP contribution in [0.15, 0.2) is 29.2 Å². The molecule has 0 aliphatic rings. The Morgan fingerprint density at radius 1 is 1.17 bits per heavy atom. The van der Waals surface area contributed by atoms with Gasteiger partial charge in [0.25, 0.3) is 0 Å². The van der Waals surface area contributed by atoms with Crippen molar-refractivity contribution in [3.63, 3.8) is 0 Å². The van der Waals surface area contributed by atoms with Gasteiger partial charge in [-0.2, -0.15) is 0 Å². The van der Waals surface area contributed by atoms with Crippen LogP contribution in [0.5, 0.6) is 0 Å². The van der Waals surface area contributed by atoms with Crippen LogP contribution in [0, 0.1) is 0 Å². The van der Waals surface area contributed by atoms with Crippen molar-refractivity contribution in [2.45, 2.75) is 4.90 Å². The summed E-state index contributed by atoms with van der Waals surface area (Å²) in [4.78, 5) is -0.258. The summed E-state index contributed by atoms with van der Waals surface area (Å²) in [5.74, 6) is 0. The fraction of sp³-hybridized carbons (Fsp3) is 0. The van der Waals surface area contributed by atoms with Gasteiger partial charge in [0.1, 0.15) is 10.1 Å². The molecule has 1 aromatic rings. The summed E-state index contributed by atoms with van der Waals surface area (Å²) >= 11 is 0. The van der Waals surface area contributed by atoms with Crippen molar-refractivity contribution in [2.24, 2.45) is 0 Å². The van der Waals surface area contributed by atoms with Crippen LogP contribution in [0.2, 0.25) is 0 Å². The molecule has 0 saturated heterocycles. The summed E-state index contributed by atoms with van der Waals surface area (Å²) in [5.41, 5.74) is 5.70. The Labute approximate surface area is 81.3 Å². The van der Waals surface area contributed by atoms with Crippen molar-refractivity contribution < 1.29 is 13.0 Å². The molecular formula is C6H6AlNO3S+2. The van der Waals surface area contributed by atoms with Crippen LogP contribution in [0.3, 0.4) is 0 Å². The summed E-state index contributed by atoms with van der Waals surface area (Å²) in [6, 6.07) is 5.09. The minimum Gasteiger partial charge on any atom is -0.744 e. The fourth-order valence-corrected chi connectivity index (χ4v) is 1.10. The number of hydrogen-bond donors (Lipinski definition) is 1. The van der Waals surface area contributed by atoms with Crippen molar-refractivity contribution in [3.8, 4) is 0 Å². The molecule has 6 heteroatoms. The average Bonchev–Trinajstić information content (AvgIpc) is 1.86. The second-order valence-electron chi connectivity index (χ2n) is 2.02. The van der Waals surface area contributed by atoms with Crippen LogP contribution in [0.4, 0.5) is 5.69 Å². The summed E-state index contributed by atoms with van der Waals surface area (Å²) in [5, 5.41) is 0. The summed E-state index contributed by atoms with van der Waals surface area (Å²) < 4.78 is 31.0. The van der Waals surface area contributed by atoms with Gasteiger partial charge < -0.3 is 10.3 Å². The third-order valence-electron chi connectivity index (χ3n) is 1.17. The summed E-state index contributed by atoms with van der Waals surface area (Å²) in [7, 11) is -4.33. The van der Waals surface area contributed by atoms with Gasteiger partial charge in [-0.25, -0.2) is 8.42 Å².